The zero-order chi connectivity index (χ0) is 25.5. The van der Waals surface area contributed by atoms with Gasteiger partial charge in [0.25, 0.3) is 0 Å². The summed E-state index contributed by atoms with van der Waals surface area (Å²) in [5.74, 6) is -2.27. The maximum absolute atomic E-state index is 13.1. The number of hydrogen-bond acceptors (Lipinski definition) is 5. The molecule has 3 rings (SSSR count). The van der Waals surface area contributed by atoms with Crippen molar-refractivity contribution in [3.05, 3.63) is 76.9 Å². The molecule has 3 unspecified atom stereocenters. The van der Waals surface area contributed by atoms with Gasteiger partial charge in [-0.1, -0.05) is 49.4 Å². The molecule has 0 bridgehead atoms. The van der Waals surface area contributed by atoms with E-state index in [1.165, 1.54) is 6.08 Å². The number of hydrogen-bond donors (Lipinski definition) is 2. The Balaban J connectivity index is 1.72. The number of allylic oxidation sites excluding steroid dienone is 2. The number of carboxylic acid groups (broad SMARTS) is 1. The van der Waals surface area contributed by atoms with Crippen LogP contribution in [0.15, 0.2) is 60.2 Å². The summed E-state index contributed by atoms with van der Waals surface area (Å²) in [4.78, 5) is 39.3. The molecule has 1 fully saturated rings. The summed E-state index contributed by atoms with van der Waals surface area (Å²) in [6, 6.07) is 14.5. The molecule has 6 heteroatoms. The highest BCUT2D eigenvalue weighted by atomic mass is 16.4. The molecule has 0 radical (unpaired) electrons. The highest BCUT2D eigenvalue weighted by molar-refractivity contribution is 6.16. The predicted molar refractivity (Wildman–Crippen MR) is 140 cm³/mol. The van der Waals surface area contributed by atoms with Gasteiger partial charge in [0, 0.05) is 19.8 Å². The number of carbonyl (C=O) groups excluding carboxylic acids is 2. The van der Waals surface area contributed by atoms with Crippen molar-refractivity contribution in [3.63, 3.8) is 0 Å². The largest absolute Gasteiger partial charge is 0.480 e. The molecule has 0 heterocycles. The quantitative estimate of drug-likeness (QED) is 0.413. The van der Waals surface area contributed by atoms with E-state index in [0.717, 1.165) is 28.8 Å². The van der Waals surface area contributed by atoms with Gasteiger partial charge in [-0.05, 0) is 78.1 Å². The Labute approximate surface area is 207 Å². The smallest absolute Gasteiger partial charge is 0.320 e. The van der Waals surface area contributed by atoms with E-state index in [0.29, 0.717) is 24.8 Å². The third-order valence-corrected chi connectivity index (χ3v) is 6.59. The Kier molecular flexibility index (Phi) is 8.77. The molecule has 2 aromatic carbocycles. The molecule has 0 spiro atoms. The zero-order valence-corrected chi connectivity index (χ0v) is 20.6. The molecule has 1 aliphatic rings. The van der Waals surface area contributed by atoms with E-state index in [1.807, 2.05) is 73.6 Å². The van der Waals surface area contributed by atoms with E-state index in [2.05, 4.69) is 0 Å². The molecule has 0 aliphatic heterocycles. The van der Waals surface area contributed by atoms with E-state index in [9.17, 15) is 19.5 Å². The topological polar surface area (TPSA) is 101 Å². The van der Waals surface area contributed by atoms with E-state index in [4.69, 9.17) is 5.73 Å². The van der Waals surface area contributed by atoms with Crippen LogP contribution in [-0.4, -0.2) is 42.8 Å². The molecular formula is C29H34N2O4. The number of benzene rings is 2. The van der Waals surface area contributed by atoms with Crippen molar-refractivity contribution in [1.82, 2.24) is 0 Å². The van der Waals surface area contributed by atoms with Crippen LogP contribution in [0.25, 0.3) is 12.2 Å². The molecule has 1 aliphatic carbocycles. The SMILES string of the molecule is CC(Cc1ccccc1/C=C/C(=O)C1CCC/C(=C/c2ccc(N(C)C)cc2)C1=O)C(N)C(=O)O. The van der Waals surface area contributed by atoms with E-state index in [1.54, 1.807) is 13.0 Å². The summed E-state index contributed by atoms with van der Waals surface area (Å²) in [6.45, 7) is 1.80. The fraction of sp³-hybridized carbons (Fsp3) is 0.345. The van der Waals surface area contributed by atoms with Gasteiger partial charge < -0.3 is 15.7 Å². The van der Waals surface area contributed by atoms with Crippen LogP contribution in [0.4, 0.5) is 5.69 Å². The second-order valence-electron chi connectivity index (χ2n) is 9.44. The Morgan fingerprint density at radius 1 is 1.14 bits per heavy atom. The van der Waals surface area contributed by atoms with E-state index < -0.39 is 17.9 Å². The van der Waals surface area contributed by atoms with Crippen molar-refractivity contribution in [2.75, 3.05) is 19.0 Å². The number of carboxylic acids is 1. The van der Waals surface area contributed by atoms with Crippen LogP contribution in [0, 0.1) is 11.8 Å². The zero-order valence-electron chi connectivity index (χ0n) is 20.6. The number of anilines is 1. The summed E-state index contributed by atoms with van der Waals surface area (Å²) in [7, 11) is 3.96. The average Bonchev–Trinajstić information content (AvgIpc) is 2.84. The van der Waals surface area contributed by atoms with Crippen LogP contribution in [0.5, 0.6) is 0 Å². The number of Topliss-reactive ketones (excluding diaryl/α,β-unsaturated/α-hetero) is 1. The van der Waals surface area contributed by atoms with Gasteiger partial charge in [-0.2, -0.15) is 0 Å². The fourth-order valence-electron chi connectivity index (χ4n) is 4.35. The Hall–Kier alpha value is -3.51. The summed E-state index contributed by atoms with van der Waals surface area (Å²) in [6.07, 6.45) is 7.59. The monoisotopic (exact) mass is 474 g/mol. The highest BCUT2D eigenvalue weighted by Gasteiger charge is 2.30. The predicted octanol–water partition coefficient (Wildman–Crippen LogP) is 4.38. The molecule has 0 saturated heterocycles. The number of nitrogens with two attached hydrogens (primary N) is 1. The van der Waals surface area contributed by atoms with Crippen molar-refractivity contribution < 1.29 is 19.5 Å². The van der Waals surface area contributed by atoms with Crippen molar-refractivity contribution in [2.24, 2.45) is 17.6 Å². The normalized spacial score (nSPS) is 19.0. The maximum atomic E-state index is 13.1. The summed E-state index contributed by atoms with van der Waals surface area (Å²) in [5, 5.41) is 9.17. The van der Waals surface area contributed by atoms with Gasteiger partial charge in [0.1, 0.15) is 6.04 Å². The lowest BCUT2D eigenvalue weighted by atomic mass is 9.80. The van der Waals surface area contributed by atoms with Gasteiger partial charge in [0.05, 0.1) is 5.92 Å². The molecule has 35 heavy (non-hydrogen) atoms. The van der Waals surface area contributed by atoms with Gasteiger partial charge in [-0.3, -0.25) is 14.4 Å². The first kappa shape index (κ1) is 26.1. The van der Waals surface area contributed by atoms with Crippen molar-refractivity contribution in [2.45, 2.75) is 38.6 Å². The van der Waals surface area contributed by atoms with Crippen molar-refractivity contribution in [1.29, 1.82) is 0 Å². The first-order valence-electron chi connectivity index (χ1n) is 12.0. The molecule has 1 saturated carbocycles. The van der Waals surface area contributed by atoms with E-state index >= 15 is 0 Å². The number of aliphatic carboxylic acids is 1. The van der Waals surface area contributed by atoms with Crippen LogP contribution in [0.2, 0.25) is 0 Å². The Morgan fingerprint density at radius 3 is 2.49 bits per heavy atom. The molecule has 0 amide bonds. The van der Waals surface area contributed by atoms with Gasteiger partial charge >= 0.3 is 5.97 Å². The first-order valence-corrected chi connectivity index (χ1v) is 12.0. The summed E-state index contributed by atoms with van der Waals surface area (Å²) in [5.41, 5.74) is 10.2. The minimum Gasteiger partial charge on any atom is -0.480 e. The standard InChI is InChI=1S/C29H34N2O4/c1-19(27(30)29(34)35)17-22-8-5-4-7-21(22)13-16-26(32)25-10-6-9-23(28(25)33)18-20-11-14-24(15-12-20)31(2)3/h4-5,7-8,11-16,18-19,25,27H,6,9-10,17,30H2,1-3H3,(H,34,35)/b16-13+,23-18-. The molecular weight excluding hydrogens is 440 g/mol. The fourth-order valence-corrected chi connectivity index (χ4v) is 4.35. The minimum absolute atomic E-state index is 0.100. The van der Waals surface area contributed by atoms with Gasteiger partial charge in [-0.15, -0.1) is 0 Å². The number of rotatable bonds is 9. The molecule has 6 nitrogen and oxygen atoms in total. The molecule has 0 aromatic heterocycles. The molecule has 3 atom stereocenters. The van der Waals surface area contributed by atoms with Gasteiger partial charge in [0.15, 0.2) is 11.6 Å². The lowest BCUT2D eigenvalue weighted by Crippen LogP contribution is -2.37. The highest BCUT2D eigenvalue weighted by Crippen LogP contribution is 2.29. The lowest BCUT2D eigenvalue weighted by molar-refractivity contribution is -0.139. The van der Waals surface area contributed by atoms with Gasteiger partial charge in [-0.25, -0.2) is 0 Å². The Bertz CT molecular complexity index is 1130. The third kappa shape index (κ3) is 6.76. The van der Waals surface area contributed by atoms with Crippen molar-refractivity contribution in [3.8, 4) is 0 Å². The van der Waals surface area contributed by atoms with Gasteiger partial charge in [0.2, 0.25) is 0 Å². The van der Waals surface area contributed by atoms with Crippen LogP contribution in [0.1, 0.15) is 42.9 Å². The minimum atomic E-state index is -1.03. The van der Waals surface area contributed by atoms with Crippen LogP contribution in [-0.2, 0) is 20.8 Å². The number of ketones is 2. The maximum Gasteiger partial charge on any atom is 0.320 e. The number of nitrogens with zero attached hydrogens (tertiary/aromatic N) is 1. The molecule has 3 N–H and O–H groups in total. The van der Waals surface area contributed by atoms with Crippen LogP contribution >= 0.6 is 0 Å². The Morgan fingerprint density at radius 2 is 1.83 bits per heavy atom. The average molecular weight is 475 g/mol. The van der Waals surface area contributed by atoms with E-state index in [-0.39, 0.29) is 17.5 Å². The first-order chi connectivity index (χ1) is 16.7. The lowest BCUT2D eigenvalue weighted by Gasteiger charge is -2.21. The second-order valence-corrected chi connectivity index (χ2v) is 9.44. The van der Waals surface area contributed by atoms with Crippen molar-refractivity contribution >= 4 is 35.4 Å². The van der Waals surface area contributed by atoms with Crippen LogP contribution in [0.3, 0.4) is 0 Å². The summed E-state index contributed by atoms with van der Waals surface area (Å²) < 4.78 is 0. The van der Waals surface area contributed by atoms with Crippen LogP contribution < -0.4 is 10.6 Å². The molecule has 184 valence electrons. The summed E-state index contributed by atoms with van der Waals surface area (Å²) >= 11 is 0. The second kappa shape index (κ2) is 11.8. The number of carbonyl (C=O) groups is 3. The third-order valence-electron chi connectivity index (χ3n) is 6.59. The molecule has 2 aromatic rings.